The van der Waals surface area contributed by atoms with E-state index in [-0.39, 0.29) is 34.3 Å². The van der Waals surface area contributed by atoms with Crippen LogP contribution in [-0.2, 0) is 18.9 Å². The average molecular weight is 585 g/mol. The lowest BCUT2D eigenvalue weighted by Gasteiger charge is -2.40. The monoisotopic (exact) mass is 584 g/mol. The lowest BCUT2D eigenvalue weighted by molar-refractivity contribution is -0.289. The number of aromatic hydroxyl groups is 2. The van der Waals surface area contributed by atoms with Crippen molar-refractivity contribution in [2.24, 2.45) is 0 Å². The molecule has 2 aliphatic rings. The number of ether oxygens (including phenoxy) is 7. The number of carbonyl (C=O) groups excluding carboxylic acids is 1. The van der Waals surface area contributed by atoms with Crippen LogP contribution in [0, 0.1) is 0 Å². The fraction of sp³-hybridized carbons (Fsp3) is 0.500. The van der Waals surface area contributed by atoms with Gasteiger partial charge in [-0.1, -0.05) is 0 Å². The number of rotatable bonds is 10. The van der Waals surface area contributed by atoms with Gasteiger partial charge in [-0.05, 0) is 30.3 Å². The molecule has 0 spiro atoms. The minimum absolute atomic E-state index is 0.0242. The summed E-state index contributed by atoms with van der Waals surface area (Å²) >= 11 is 0. The molecule has 0 bridgehead atoms. The Bertz CT molecular complexity index is 1210. The molecule has 8 atom stereocenters. The first-order chi connectivity index (χ1) is 19.5. The summed E-state index contributed by atoms with van der Waals surface area (Å²) in [5.74, 6) is -0.965. The predicted octanol–water partition coefficient (Wildman–Crippen LogP) is -1.38. The minimum atomic E-state index is -2.05. The maximum Gasteiger partial charge on any atom is 0.338 e. The van der Waals surface area contributed by atoms with Gasteiger partial charge in [0.2, 0.25) is 6.29 Å². The highest BCUT2D eigenvalue weighted by Gasteiger charge is 2.51. The number of benzene rings is 2. The molecule has 2 aromatic carbocycles. The Morgan fingerprint density at radius 2 is 1.59 bits per heavy atom. The molecule has 7 N–H and O–H groups in total. The van der Waals surface area contributed by atoms with E-state index in [2.05, 4.69) is 0 Å². The quantitative estimate of drug-likeness (QED) is 0.160. The van der Waals surface area contributed by atoms with Crippen LogP contribution in [0.2, 0.25) is 0 Å². The van der Waals surface area contributed by atoms with E-state index in [0.29, 0.717) is 0 Å². The number of carbonyl (C=O) groups is 1. The molecule has 0 radical (unpaired) electrons. The summed E-state index contributed by atoms with van der Waals surface area (Å²) in [6, 6.07) is 7.73. The van der Waals surface area contributed by atoms with Crippen molar-refractivity contribution in [2.75, 3.05) is 34.0 Å². The normalized spacial score (nSPS) is 31.4. The van der Waals surface area contributed by atoms with E-state index in [1.807, 2.05) is 0 Å². The van der Waals surface area contributed by atoms with Gasteiger partial charge in [-0.15, -0.1) is 0 Å². The van der Waals surface area contributed by atoms with Crippen molar-refractivity contribution in [3.05, 3.63) is 42.0 Å². The number of phenolic OH excluding ortho intramolecular Hbond substituents is 2. The second kappa shape index (κ2) is 12.6. The SMILES string of the molecule is COc1cc(OC2OC(COC3OCC(O)(COC(=O)c4ccc(O)c(OC)c4)C3O)C(O)C(O)C2O)ccc1O. The van der Waals surface area contributed by atoms with Crippen LogP contribution in [0.3, 0.4) is 0 Å². The van der Waals surface area contributed by atoms with Gasteiger partial charge in [0.05, 0.1) is 33.0 Å². The van der Waals surface area contributed by atoms with E-state index in [0.717, 1.165) is 0 Å². The fourth-order valence-corrected chi connectivity index (χ4v) is 4.21. The van der Waals surface area contributed by atoms with Gasteiger partial charge in [0, 0.05) is 6.07 Å². The molecule has 4 rings (SSSR count). The first kappa shape index (κ1) is 30.5. The highest BCUT2D eigenvalue weighted by atomic mass is 16.7. The van der Waals surface area contributed by atoms with Crippen molar-refractivity contribution in [1.82, 2.24) is 0 Å². The molecule has 0 aliphatic carbocycles. The molecule has 15 heteroatoms. The molecule has 2 aliphatic heterocycles. The van der Waals surface area contributed by atoms with Crippen LogP contribution in [0.25, 0.3) is 0 Å². The Morgan fingerprint density at radius 1 is 0.927 bits per heavy atom. The van der Waals surface area contributed by atoms with Gasteiger partial charge in [0.15, 0.2) is 34.9 Å². The predicted molar refractivity (Wildman–Crippen MR) is 134 cm³/mol. The summed E-state index contributed by atoms with van der Waals surface area (Å²) in [4.78, 5) is 12.4. The van der Waals surface area contributed by atoms with Crippen molar-refractivity contribution in [3.8, 4) is 28.7 Å². The zero-order valence-electron chi connectivity index (χ0n) is 22.0. The van der Waals surface area contributed by atoms with Crippen molar-refractivity contribution in [2.45, 2.75) is 48.7 Å². The molecule has 0 saturated carbocycles. The van der Waals surface area contributed by atoms with Crippen LogP contribution in [-0.4, -0.2) is 124 Å². The van der Waals surface area contributed by atoms with Crippen molar-refractivity contribution >= 4 is 5.97 Å². The van der Waals surface area contributed by atoms with Crippen molar-refractivity contribution < 1.29 is 73.7 Å². The van der Waals surface area contributed by atoms with Gasteiger partial charge < -0.3 is 68.9 Å². The van der Waals surface area contributed by atoms with Crippen LogP contribution in [0.5, 0.6) is 28.7 Å². The lowest BCUT2D eigenvalue weighted by Crippen LogP contribution is -2.60. The van der Waals surface area contributed by atoms with Gasteiger partial charge in [-0.2, -0.15) is 0 Å². The van der Waals surface area contributed by atoms with E-state index in [1.165, 1.54) is 50.6 Å². The summed E-state index contributed by atoms with van der Waals surface area (Å²) in [5, 5.41) is 71.9. The van der Waals surface area contributed by atoms with Crippen LogP contribution >= 0.6 is 0 Å². The minimum Gasteiger partial charge on any atom is -0.504 e. The number of hydrogen-bond acceptors (Lipinski definition) is 15. The molecule has 15 nitrogen and oxygen atoms in total. The summed E-state index contributed by atoms with van der Waals surface area (Å²) in [7, 11) is 2.63. The molecule has 0 aromatic heterocycles. The summed E-state index contributed by atoms with van der Waals surface area (Å²) in [6.45, 7) is -1.63. The van der Waals surface area contributed by atoms with Gasteiger partial charge in [0.25, 0.3) is 0 Å². The number of aliphatic hydroxyl groups is 5. The number of esters is 1. The Kier molecular flexibility index (Phi) is 9.41. The van der Waals surface area contributed by atoms with Gasteiger partial charge in [-0.25, -0.2) is 4.79 Å². The number of methoxy groups -OCH3 is 2. The number of phenols is 2. The molecule has 41 heavy (non-hydrogen) atoms. The van der Waals surface area contributed by atoms with Crippen LogP contribution in [0.4, 0.5) is 0 Å². The second-order valence-corrected chi connectivity index (χ2v) is 9.49. The molecule has 2 aromatic rings. The third kappa shape index (κ3) is 6.58. The van der Waals surface area contributed by atoms with Crippen LogP contribution in [0.1, 0.15) is 10.4 Å². The largest absolute Gasteiger partial charge is 0.504 e. The van der Waals surface area contributed by atoms with Crippen LogP contribution in [0.15, 0.2) is 36.4 Å². The molecular formula is C26H32O15. The summed E-state index contributed by atoms with van der Waals surface area (Å²) in [5.41, 5.74) is -2.02. The second-order valence-electron chi connectivity index (χ2n) is 9.49. The molecule has 2 heterocycles. The maximum absolute atomic E-state index is 12.4. The Hall–Kier alpha value is -3.41. The average Bonchev–Trinajstić information content (AvgIpc) is 3.25. The molecule has 2 saturated heterocycles. The Morgan fingerprint density at radius 3 is 2.27 bits per heavy atom. The van der Waals surface area contributed by atoms with Crippen molar-refractivity contribution in [1.29, 1.82) is 0 Å². The van der Waals surface area contributed by atoms with E-state index in [9.17, 15) is 40.5 Å². The third-order valence-electron chi connectivity index (χ3n) is 6.67. The highest BCUT2D eigenvalue weighted by Crippen LogP contribution is 2.33. The van der Waals surface area contributed by atoms with Gasteiger partial charge in [-0.3, -0.25) is 0 Å². The Labute approximate surface area is 233 Å². The zero-order chi connectivity index (χ0) is 29.9. The Balaban J connectivity index is 1.33. The maximum atomic E-state index is 12.4. The van der Waals surface area contributed by atoms with Crippen molar-refractivity contribution in [3.63, 3.8) is 0 Å². The molecule has 226 valence electrons. The number of aliphatic hydroxyl groups excluding tert-OH is 4. The summed E-state index contributed by atoms with van der Waals surface area (Å²) < 4.78 is 37.0. The third-order valence-corrected chi connectivity index (χ3v) is 6.67. The molecule has 0 amide bonds. The van der Waals surface area contributed by atoms with E-state index in [1.54, 1.807) is 0 Å². The van der Waals surface area contributed by atoms with E-state index >= 15 is 0 Å². The smallest absolute Gasteiger partial charge is 0.338 e. The summed E-state index contributed by atoms with van der Waals surface area (Å²) in [6.07, 6.45) is -10.9. The molecular weight excluding hydrogens is 552 g/mol. The first-order valence-corrected chi connectivity index (χ1v) is 12.4. The topological polar surface area (TPSA) is 223 Å². The molecule has 2 fully saturated rings. The zero-order valence-corrected chi connectivity index (χ0v) is 22.0. The highest BCUT2D eigenvalue weighted by molar-refractivity contribution is 5.90. The van der Waals surface area contributed by atoms with E-state index in [4.69, 9.17) is 33.2 Å². The molecule has 8 unspecified atom stereocenters. The van der Waals surface area contributed by atoms with Gasteiger partial charge >= 0.3 is 5.97 Å². The lowest BCUT2D eigenvalue weighted by atomic mass is 9.99. The van der Waals surface area contributed by atoms with Crippen LogP contribution < -0.4 is 14.2 Å². The van der Waals surface area contributed by atoms with Gasteiger partial charge in [0.1, 0.15) is 42.9 Å². The fourth-order valence-electron chi connectivity index (χ4n) is 4.21. The van der Waals surface area contributed by atoms with E-state index < -0.39 is 74.5 Å². The first-order valence-electron chi connectivity index (χ1n) is 12.4. The number of hydrogen-bond donors (Lipinski definition) is 7. The standard InChI is InChI=1S/C26H32O15/c1-35-16-7-12(3-5-14(16)27)23(33)38-10-26(34)11-39-25(22(26)32)37-9-18-19(29)20(30)21(31)24(41-18)40-13-4-6-15(28)17(8-13)36-2/h3-8,18-22,24-25,27-32,34H,9-11H2,1-2H3.